The average molecular weight is 287 g/mol. The Hall–Kier alpha value is -1.77. The molecule has 114 valence electrons. The number of para-hydroxylation sites is 1. The molecule has 3 heteroatoms. The molecule has 2 rings (SSSR count). The van der Waals surface area contributed by atoms with Crippen LogP contribution in [0.4, 0.5) is 0 Å². The van der Waals surface area contributed by atoms with Crippen LogP contribution in [-0.4, -0.2) is 15.6 Å². The Labute approximate surface area is 126 Å². The molecule has 3 nitrogen and oxygen atoms in total. The van der Waals surface area contributed by atoms with Crippen molar-refractivity contribution in [2.75, 3.05) is 0 Å². The Morgan fingerprint density at radius 3 is 2.71 bits per heavy atom. The minimum atomic E-state index is -0.719. The van der Waals surface area contributed by atoms with Gasteiger partial charge in [0.15, 0.2) is 0 Å². The van der Waals surface area contributed by atoms with Crippen LogP contribution in [-0.2, 0) is 17.8 Å². The molecule has 0 amide bonds. The lowest BCUT2D eigenvalue weighted by Crippen LogP contribution is -2.00. The van der Waals surface area contributed by atoms with Crippen LogP contribution in [0.1, 0.15) is 45.1 Å². The molecule has 1 heterocycles. The van der Waals surface area contributed by atoms with Crippen molar-refractivity contribution in [3.8, 4) is 0 Å². The molecule has 0 aliphatic carbocycles. The second-order valence-corrected chi connectivity index (χ2v) is 6.15. The van der Waals surface area contributed by atoms with Gasteiger partial charge in [-0.05, 0) is 36.8 Å². The molecule has 1 aromatic carbocycles. The van der Waals surface area contributed by atoms with Crippen molar-refractivity contribution in [2.45, 2.75) is 52.5 Å². The molecule has 0 aliphatic rings. The van der Waals surface area contributed by atoms with E-state index in [9.17, 15) is 4.79 Å². The second-order valence-electron chi connectivity index (χ2n) is 6.15. The lowest BCUT2D eigenvalue weighted by atomic mass is 10.0. The van der Waals surface area contributed by atoms with Crippen LogP contribution in [0.5, 0.6) is 0 Å². The summed E-state index contributed by atoms with van der Waals surface area (Å²) in [5.41, 5.74) is 2.61. The molecule has 0 bridgehead atoms. The van der Waals surface area contributed by atoms with Crippen molar-refractivity contribution in [2.24, 2.45) is 5.92 Å². The smallest absolute Gasteiger partial charge is 0.303 e. The highest BCUT2D eigenvalue weighted by atomic mass is 16.4. The first-order chi connectivity index (χ1) is 10.1. The summed E-state index contributed by atoms with van der Waals surface area (Å²) in [6.07, 6.45) is 6.69. The van der Waals surface area contributed by atoms with Gasteiger partial charge >= 0.3 is 5.97 Å². The van der Waals surface area contributed by atoms with Gasteiger partial charge in [0.25, 0.3) is 0 Å². The minimum absolute atomic E-state index is 0.231. The number of carbonyl (C=O) groups is 1. The van der Waals surface area contributed by atoms with Crippen LogP contribution in [0.25, 0.3) is 10.9 Å². The number of fused-ring (bicyclic) bond motifs is 1. The van der Waals surface area contributed by atoms with Crippen LogP contribution in [0.15, 0.2) is 30.5 Å². The molecule has 0 radical (unpaired) electrons. The summed E-state index contributed by atoms with van der Waals surface area (Å²) in [5.74, 6) is 0.0255. The lowest BCUT2D eigenvalue weighted by molar-refractivity contribution is -0.137. The Morgan fingerprint density at radius 2 is 2.00 bits per heavy atom. The largest absolute Gasteiger partial charge is 0.481 e. The van der Waals surface area contributed by atoms with Gasteiger partial charge in [-0.15, -0.1) is 0 Å². The fourth-order valence-electron chi connectivity index (χ4n) is 2.81. The van der Waals surface area contributed by atoms with E-state index in [1.165, 1.54) is 29.3 Å². The van der Waals surface area contributed by atoms with Gasteiger partial charge in [-0.2, -0.15) is 0 Å². The maximum absolute atomic E-state index is 10.7. The molecule has 0 aliphatic heterocycles. The molecule has 0 fully saturated rings. The molecule has 1 aromatic heterocycles. The van der Waals surface area contributed by atoms with E-state index in [4.69, 9.17) is 5.11 Å². The minimum Gasteiger partial charge on any atom is -0.481 e. The molecular formula is C18H25NO2. The van der Waals surface area contributed by atoms with Gasteiger partial charge in [-0.1, -0.05) is 38.5 Å². The maximum atomic E-state index is 10.7. The SMILES string of the molecule is CC(C)CCCc1cn(CCCC(=O)O)c2ccccc12. The zero-order chi connectivity index (χ0) is 15.2. The lowest BCUT2D eigenvalue weighted by Gasteiger charge is -2.03. The first-order valence-electron chi connectivity index (χ1n) is 7.86. The van der Waals surface area contributed by atoms with Gasteiger partial charge < -0.3 is 9.67 Å². The van der Waals surface area contributed by atoms with Crippen molar-refractivity contribution < 1.29 is 9.90 Å². The number of hydrogen-bond acceptors (Lipinski definition) is 1. The van der Waals surface area contributed by atoms with E-state index >= 15 is 0 Å². The normalized spacial score (nSPS) is 11.4. The number of nitrogens with zero attached hydrogens (tertiary/aromatic N) is 1. The second kappa shape index (κ2) is 7.30. The average Bonchev–Trinajstić information content (AvgIpc) is 2.77. The first-order valence-corrected chi connectivity index (χ1v) is 7.86. The van der Waals surface area contributed by atoms with Crippen LogP contribution in [0.2, 0.25) is 0 Å². The highest BCUT2D eigenvalue weighted by Gasteiger charge is 2.08. The number of benzene rings is 1. The van der Waals surface area contributed by atoms with E-state index in [0.29, 0.717) is 6.42 Å². The molecular weight excluding hydrogens is 262 g/mol. The monoisotopic (exact) mass is 287 g/mol. The fourth-order valence-corrected chi connectivity index (χ4v) is 2.81. The third kappa shape index (κ3) is 4.35. The third-order valence-electron chi connectivity index (χ3n) is 3.89. The van der Waals surface area contributed by atoms with Gasteiger partial charge in [0.05, 0.1) is 0 Å². The number of aryl methyl sites for hydroxylation is 2. The summed E-state index contributed by atoms with van der Waals surface area (Å²) >= 11 is 0. The Morgan fingerprint density at radius 1 is 1.24 bits per heavy atom. The molecule has 0 unspecified atom stereocenters. The van der Waals surface area contributed by atoms with Gasteiger partial charge in [-0.25, -0.2) is 0 Å². The number of hydrogen-bond donors (Lipinski definition) is 1. The molecule has 2 aromatic rings. The number of rotatable bonds is 8. The highest BCUT2D eigenvalue weighted by molar-refractivity contribution is 5.84. The van der Waals surface area contributed by atoms with E-state index in [0.717, 1.165) is 18.9 Å². The summed E-state index contributed by atoms with van der Waals surface area (Å²) < 4.78 is 2.21. The van der Waals surface area contributed by atoms with E-state index in [1.54, 1.807) is 0 Å². The molecule has 21 heavy (non-hydrogen) atoms. The van der Waals surface area contributed by atoms with Gasteiger partial charge in [0, 0.05) is 30.1 Å². The zero-order valence-electron chi connectivity index (χ0n) is 13.0. The third-order valence-corrected chi connectivity index (χ3v) is 3.89. The predicted octanol–water partition coefficient (Wildman–Crippen LogP) is 4.48. The van der Waals surface area contributed by atoms with Crippen LogP contribution in [0, 0.1) is 5.92 Å². The fraction of sp³-hybridized carbons (Fsp3) is 0.500. The summed E-state index contributed by atoms with van der Waals surface area (Å²) in [6, 6.07) is 8.43. The molecule has 1 N–H and O–H groups in total. The number of carboxylic acids is 1. The van der Waals surface area contributed by atoms with E-state index in [1.807, 2.05) is 6.07 Å². The van der Waals surface area contributed by atoms with Crippen LogP contribution in [0.3, 0.4) is 0 Å². The standard InChI is InChI=1S/C18H25NO2/c1-14(2)7-5-8-15-13-19(12-6-11-18(20)21)17-10-4-3-9-16(15)17/h3-4,9-10,13-14H,5-8,11-12H2,1-2H3,(H,20,21). The quantitative estimate of drug-likeness (QED) is 0.777. The Balaban J connectivity index is 2.12. The van der Waals surface area contributed by atoms with Gasteiger partial charge in [-0.3, -0.25) is 4.79 Å². The topological polar surface area (TPSA) is 42.2 Å². The van der Waals surface area contributed by atoms with Gasteiger partial charge in [0.1, 0.15) is 0 Å². The van der Waals surface area contributed by atoms with Crippen molar-refractivity contribution in [1.82, 2.24) is 4.57 Å². The van der Waals surface area contributed by atoms with Crippen molar-refractivity contribution >= 4 is 16.9 Å². The van der Waals surface area contributed by atoms with Crippen molar-refractivity contribution in [3.05, 3.63) is 36.0 Å². The number of carboxylic acid groups (broad SMARTS) is 1. The van der Waals surface area contributed by atoms with Crippen molar-refractivity contribution in [1.29, 1.82) is 0 Å². The first kappa shape index (κ1) is 15.6. The van der Waals surface area contributed by atoms with E-state index in [-0.39, 0.29) is 6.42 Å². The number of aromatic nitrogens is 1. The molecule has 0 spiro atoms. The summed E-state index contributed by atoms with van der Waals surface area (Å²) in [7, 11) is 0. The molecule has 0 saturated carbocycles. The maximum Gasteiger partial charge on any atom is 0.303 e. The highest BCUT2D eigenvalue weighted by Crippen LogP contribution is 2.24. The summed E-state index contributed by atoms with van der Waals surface area (Å²) in [6.45, 7) is 5.29. The van der Waals surface area contributed by atoms with Crippen LogP contribution < -0.4 is 0 Å². The van der Waals surface area contributed by atoms with E-state index in [2.05, 4.69) is 42.8 Å². The van der Waals surface area contributed by atoms with Crippen molar-refractivity contribution in [3.63, 3.8) is 0 Å². The van der Waals surface area contributed by atoms with Crippen LogP contribution >= 0.6 is 0 Å². The molecule has 0 saturated heterocycles. The Kier molecular flexibility index (Phi) is 5.43. The van der Waals surface area contributed by atoms with Gasteiger partial charge in [0.2, 0.25) is 0 Å². The summed E-state index contributed by atoms with van der Waals surface area (Å²) in [4.78, 5) is 10.7. The Bertz CT molecular complexity index is 598. The summed E-state index contributed by atoms with van der Waals surface area (Å²) in [5, 5.41) is 10.1. The van der Waals surface area contributed by atoms with E-state index < -0.39 is 5.97 Å². The predicted molar refractivity (Wildman–Crippen MR) is 86.6 cm³/mol. The number of aliphatic carboxylic acids is 1. The molecule has 0 atom stereocenters. The zero-order valence-corrected chi connectivity index (χ0v) is 13.0.